The fraction of sp³-hybridized carbons (Fsp3) is 0.562. The van der Waals surface area contributed by atoms with Crippen molar-refractivity contribution in [1.82, 2.24) is 4.90 Å². The number of halogens is 1. The van der Waals surface area contributed by atoms with Gasteiger partial charge >= 0.3 is 0 Å². The average molecular weight is 292 g/mol. The van der Waals surface area contributed by atoms with Gasteiger partial charge in [0.15, 0.2) is 0 Å². The second kappa shape index (κ2) is 6.43. The normalized spacial score (nSPS) is 20.6. The fourth-order valence-corrected chi connectivity index (χ4v) is 3.06. The molecule has 1 aromatic rings. The molecule has 1 aromatic carbocycles. The van der Waals surface area contributed by atoms with Crippen LogP contribution in [0.15, 0.2) is 24.3 Å². The minimum absolute atomic E-state index is 0.125. The van der Waals surface area contributed by atoms with E-state index in [0.29, 0.717) is 26.3 Å². The third kappa shape index (κ3) is 3.35. The molecule has 1 amide bonds. The van der Waals surface area contributed by atoms with E-state index < -0.39 is 0 Å². The van der Waals surface area contributed by atoms with Crippen LogP contribution in [0.3, 0.4) is 0 Å². The molecule has 0 aliphatic carbocycles. The van der Waals surface area contributed by atoms with Crippen molar-refractivity contribution in [2.75, 3.05) is 44.3 Å². The number of benzene rings is 1. The Balaban J connectivity index is 1.56. The quantitative estimate of drug-likeness (QED) is 0.834. The predicted octanol–water partition coefficient (Wildman–Crippen LogP) is 1.90. The molecule has 0 bridgehead atoms. The Labute approximate surface area is 124 Å². The van der Waals surface area contributed by atoms with Crippen molar-refractivity contribution < 1.29 is 13.9 Å². The average Bonchev–Trinajstić information content (AvgIpc) is 2.55. The minimum Gasteiger partial charge on any atom is -0.381 e. The summed E-state index contributed by atoms with van der Waals surface area (Å²) in [5.41, 5.74) is 0.896. The lowest BCUT2D eigenvalue weighted by molar-refractivity contribution is -0.138. The number of carbonyl (C=O) groups is 1. The Hall–Kier alpha value is -1.62. The number of nitrogens with zero attached hydrogens (tertiary/aromatic N) is 2. The first-order chi connectivity index (χ1) is 10.2. The summed E-state index contributed by atoms with van der Waals surface area (Å²) in [5.74, 6) is 0.171. The van der Waals surface area contributed by atoms with Crippen LogP contribution in [0.5, 0.6) is 0 Å². The van der Waals surface area contributed by atoms with Crippen LogP contribution >= 0.6 is 0 Å². The van der Waals surface area contributed by atoms with Crippen molar-refractivity contribution in [1.29, 1.82) is 0 Å². The molecule has 114 valence electrons. The molecule has 21 heavy (non-hydrogen) atoms. The van der Waals surface area contributed by atoms with Crippen LogP contribution in [0.4, 0.5) is 10.1 Å². The standard InChI is InChI=1S/C16H21FN2O2/c17-14-2-1-3-15(12-14)18-6-8-19(9-7-18)16(20)13-4-10-21-11-5-13/h1-3,12-13H,4-11H2. The van der Waals surface area contributed by atoms with Gasteiger partial charge in [-0.3, -0.25) is 4.79 Å². The second-order valence-electron chi connectivity index (χ2n) is 5.68. The van der Waals surface area contributed by atoms with Crippen LogP contribution in [0.1, 0.15) is 12.8 Å². The fourth-order valence-electron chi connectivity index (χ4n) is 3.06. The van der Waals surface area contributed by atoms with E-state index in [1.54, 1.807) is 12.1 Å². The molecule has 2 aliphatic heterocycles. The van der Waals surface area contributed by atoms with Crippen LogP contribution in [0.2, 0.25) is 0 Å². The van der Waals surface area contributed by atoms with Crippen molar-refractivity contribution in [2.24, 2.45) is 5.92 Å². The number of piperazine rings is 1. The van der Waals surface area contributed by atoms with E-state index in [-0.39, 0.29) is 17.6 Å². The summed E-state index contributed by atoms with van der Waals surface area (Å²) in [6.45, 7) is 4.34. The van der Waals surface area contributed by atoms with Gasteiger partial charge in [0.05, 0.1) is 0 Å². The molecule has 0 unspecified atom stereocenters. The molecular formula is C16H21FN2O2. The maximum atomic E-state index is 13.3. The van der Waals surface area contributed by atoms with E-state index in [0.717, 1.165) is 31.6 Å². The van der Waals surface area contributed by atoms with E-state index in [1.165, 1.54) is 6.07 Å². The highest BCUT2D eigenvalue weighted by molar-refractivity contribution is 5.79. The van der Waals surface area contributed by atoms with Crippen LogP contribution in [0.25, 0.3) is 0 Å². The van der Waals surface area contributed by atoms with Crippen molar-refractivity contribution in [2.45, 2.75) is 12.8 Å². The summed E-state index contributed by atoms with van der Waals surface area (Å²) in [7, 11) is 0. The van der Waals surface area contributed by atoms with Gasteiger partial charge in [0, 0.05) is 51.0 Å². The lowest BCUT2D eigenvalue weighted by Gasteiger charge is -2.38. The topological polar surface area (TPSA) is 32.8 Å². The van der Waals surface area contributed by atoms with Crippen molar-refractivity contribution in [3.8, 4) is 0 Å². The van der Waals surface area contributed by atoms with Gasteiger partial charge in [0.1, 0.15) is 5.82 Å². The third-order valence-corrected chi connectivity index (χ3v) is 4.34. The lowest BCUT2D eigenvalue weighted by Crippen LogP contribution is -2.51. The SMILES string of the molecule is O=C(C1CCOCC1)N1CCN(c2cccc(F)c2)CC1. The lowest BCUT2D eigenvalue weighted by atomic mass is 9.98. The van der Waals surface area contributed by atoms with E-state index in [9.17, 15) is 9.18 Å². The van der Waals surface area contributed by atoms with Crippen LogP contribution in [0, 0.1) is 11.7 Å². The van der Waals surface area contributed by atoms with Gasteiger partial charge in [-0.25, -0.2) is 4.39 Å². The molecule has 2 aliphatic rings. The van der Waals surface area contributed by atoms with E-state index in [4.69, 9.17) is 4.74 Å². The zero-order valence-corrected chi connectivity index (χ0v) is 12.1. The molecule has 0 spiro atoms. The Morgan fingerprint density at radius 1 is 1.14 bits per heavy atom. The summed E-state index contributed by atoms with van der Waals surface area (Å²) in [4.78, 5) is 16.5. The smallest absolute Gasteiger partial charge is 0.225 e. The van der Waals surface area contributed by atoms with Crippen molar-refractivity contribution in [3.63, 3.8) is 0 Å². The Bertz CT molecular complexity index is 495. The first-order valence-corrected chi connectivity index (χ1v) is 7.61. The molecule has 0 saturated carbocycles. The summed E-state index contributed by atoms with van der Waals surface area (Å²) in [6.07, 6.45) is 1.67. The van der Waals surface area contributed by atoms with Gasteiger partial charge in [-0.2, -0.15) is 0 Å². The van der Waals surface area contributed by atoms with Crippen LogP contribution in [-0.2, 0) is 9.53 Å². The number of anilines is 1. The zero-order valence-electron chi connectivity index (χ0n) is 12.1. The molecule has 2 heterocycles. The molecular weight excluding hydrogens is 271 g/mol. The molecule has 0 atom stereocenters. The van der Waals surface area contributed by atoms with Crippen LogP contribution < -0.4 is 4.90 Å². The number of carbonyl (C=O) groups excluding carboxylic acids is 1. The molecule has 4 nitrogen and oxygen atoms in total. The Kier molecular flexibility index (Phi) is 4.39. The molecule has 2 fully saturated rings. The van der Waals surface area contributed by atoms with E-state index in [1.807, 2.05) is 11.0 Å². The summed E-state index contributed by atoms with van der Waals surface area (Å²) in [5, 5.41) is 0. The molecule has 0 radical (unpaired) electrons. The summed E-state index contributed by atoms with van der Waals surface area (Å²) < 4.78 is 18.6. The van der Waals surface area contributed by atoms with Gasteiger partial charge in [-0.15, -0.1) is 0 Å². The monoisotopic (exact) mass is 292 g/mol. The van der Waals surface area contributed by atoms with E-state index in [2.05, 4.69) is 4.90 Å². The third-order valence-electron chi connectivity index (χ3n) is 4.34. The number of rotatable bonds is 2. The maximum Gasteiger partial charge on any atom is 0.225 e. The molecule has 0 aromatic heterocycles. The largest absolute Gasteiger partial charge is 0.381 e. The Morgan fingerprint density at radius 2 is 1.86 bits per heavy atom. The highest BCUT2D eigenvalue weighted by atomic mass is 19.1. The molecule has 2 saturated heterocycles. The van der Waals surface area contributed by atoms with Crippen molar-refractivity contribution >= 4 is 11.6 Å². The van der Waals surface area contributed by atoms with Gasteiger partial charge < -0.3 is 14.5 Å². The second-order valence-corrected chi connectivity index (χ2v) is 5.68. The number of hydrogen-bond acceptors (Lipinski definition) is 3. The van der Waals surface area contributed by atoms with Crippen LogP contribution in [-0.4, -0.2) is 50.2 Å². The number of hydrogen-bond donors (Lipinski definition) is 0. The van der Waals surface area contributed by atoms with Gasteiger partial charge in [0.2, 0.25) is 5.91 Å². The molecule has 5 heteroatoms. The maximum absolute atomic E-state index is 13.3. The summed E-state index contributed by atoms with van der Waals surface area (Å²) >= 11 is 0. The minimum atomic E-state index is -0.215. The van der Waals surface area contributed by atoms with Gasteiger partial charge in [0.25, 0.3) is 0 Å². The molecule has 3 rings (SSSR count). The highest BCUT2D eigenvalue weighted by Gasteiger charge is 2.28. The van der Waals surface area contributed by atoms with E-state index >= 15 is 0 Å². The zero-order chi connectivity index (χ0) is 14.7. The van der Waals surface area contributed by atoms with Gasteiger partial charge in [-0.1, -0.05) is 6.07 Å². The highest BCUT2D eigenvalue weighted by Crippen LogP contribution is 2.21. The Morgan fingerprint density at radius 3 is 2.52 bits per heavy atom. The number of amides is 1. The number of ether oxygens (including phenoxy) is 1. The first-order valence-electron chi connectivity index (χ1n) is 7.61. The molecule has 0 N–H and O–H groups in total. The summed E-state index contributed by atoms with van der Waals surface area (Å²) in [6, 6.07) is 6.65. The predicted molar refractivity (Wildman–Crippen MR) is 78.7 cm³/mol. The first kappa shape index (κ1) is 14.3. The van der Waals surface area contributed by atoms with Gasteiger partial charge in [-0.05, 0) is 31.0 Å². The van der Waals surface area contributed by atoms with Crippen molar-refractivity contribution in [3.05, 3.63) is 30.1 Å².